The minimum Gasteiger partial charge on any atom is -0.371 e. The highest BCUT2D eigenvalue weighted by atomic mass is 32.2. The molecule has 1 heterocycles. The summed E-state index contributed by atoms with van der Waals surface area (Å²) in [6.45, 7) is 9.52. The maximum Gasteiger partial charge on any atom is 0.273 e. The fourth-order valence-electron chi connectivity index (χ4n) is 1.49. The third-order valence-electron chi connectivity index (χ3n) is 2.17. The monoisotopic (exact) mass is 276 g/mol. The summed E-state index contributed by atoms with van der Waals surface area (Å²) in [6, 6.07) is 0. The molecule has 0 aliphatic heterocycles. The summed E-state index contributed by atoms with van der Waals surface area (Å²) in [6.07, 6.45) is 0.0213. The van der Waals surface area contributed by atoms with E-state index in [2.05, 4.69) is 10.2 Å². The summed E-state index contributed by atoms with van der Waals surface area (Å²) < 4.78 is 29.9. The van der Waals surface area contributed by atoms with Crippen LogP contribution in [0, 0.1) is 0 Å². The summed E-state index contributed by atoms with van der Waals surface area (Å²) in [7, 11) is -3.90. The van der Waals surface area contributed by atoms with Crippen LogP contribution in [0.25, 0.3) is 0 Å². The van der Waals surface area contributed by atoms with Crippen LogP contribution < -0.4 is 5.14 Å². The molecule has 0 aliphatic rings. The van der Waals surface area contributed by atoms with Gasteiger partial charge < -0.3 is 4.74 Å². The van der Waals surface area contributed by atoms with Crippen LogP contribution in [0.5, 0.6) is 0 Å². The van der Waals surface area contributed by atoms with E-state index in [1.54, 1.807) is 0 Å². The second kappa shape index (κ2) is 4.94. The summed E-state index contributed by atoms with van der Waals surface area (Å²) in [5, 5.41) is 12.4. The molecule has 18 heavy (non-hydrogen) atoms. The summed E-state index contributed by atoms with van der Waals surface area (Å²) >= 11 is 0. The molecule has 104 valence electrons. The molecular weight excluding hydrogens is 256 g/mol. The molecule has 0 bridgehead atoms. The maximum atomic E-state index is 11.5. The van der Waals surface area contributed by atoms with Crippen LogP contribution in [0.1, 0.15) is 40.4 Å². The smallest absolute Gasteiger partial charge is 0.273 e. The Labute approximate surface area is 107 Å². The number of hydrogen-bond donors (Lipinski definition) is 1. The van der Waals surface area contributed by atoms with E-state index in [0.29, 0.717) is 5.82 Å². The van der Waals surface area contributed by atoms with Gasteiger partial charge in [0.25, 0.3) is 15.2 Å². The minimum absolute atomic E-state index is 0.0213. The molecule has 2 N–H and O–H groups in total. The lowest BCUT2D eigenvalue weighted by Gasteiger charge is -2.24. The Bertz CT molecular complexity index is 514. The highest BCUT2D eigenvalue weighted by molar-refractivity contribution is 7.89. The van der Waals surface area contributed by atoms with Crippen molar-refractivity contribution in [2.24, 2.45) is 5.14 Å². The van der Waals surface area contributed by atoms with Gasteiger partial charge in [0.1, 0.15) is 6.61 Å². The van der Waals surface area contributed by atoms with Crippen molar-refractivity contribution in [2.45, 2.75) is 58.0 Å². The number of ether oxygens (including phenoxy) is 1. The predicted octanol–water partition coefficient (Wildman–Crippen LogP) is 0.606. The molecule has 0 saturated carbocycles. The Morgan fingerprint density at radius 3 is 2.28 bits per heavy atom. The van der Waals surface area contributed by atoms with Gasteiger partial charge in [0, 0.05) is 5.54 Å². The summed E-state index contributed by atoms with van der Waals surface area (Å²) in [4.78, 5) is 0. The molecule has 0 unspecified atom stereocenters. The number of nitrogens with two attached hydrogens (primary N) is 1. The molecule has 0 amide bonds. The maximum absolute atomic E-state index is 11.5. The Balaban J connectivity index is 3.26. The van der Waals surface area contributed by atoms with E-state index in [1.165, 1.54) is 4.57 Å². The first-order valence-electron chi connectivity index (χ1n) is 5.62. The zero-order valence-corrected chi connectivity index (χ0v) is 12.2. The number of nitrogens with zero attached hydrogens (tertiary/aromatic N) is 3. The Hall–Kier alpha value is -0.990. The van der Waals surface area contributed by atoms with Gasteiger partial charge >= 0.3 is 0 Å². The molecule has 1 aromatic heterocycles. The Kier molecular flexibility index (Phi) is 4.14. The highest BCUT2D eigenvalue weighted by Crippen LogP contribution is 2.21. The first kappa shape index (κ1) is 15.1. The van der Waals surface area contributed by atoms with Gasteiger partial charge in [-0.25, -0.2) is 13.6 Å². The van der Waals surface area contributed by atoms with E-state index >= 15 is 0 Å². The van der Waals surface area contributed by atoms with Crippen molar-refractivity contribution in [2.75, 3.05) is 0 Å². The zero-order valence-electron chi connectivity index (χ0n) is 11.3. The molecule has 7 nitrogen and oxygen atoms in total. The highest BCUT2D eigenvalue weighted by Gasteiger charge is 2.28. The molecule has 8 heteroatoms. The number of hydrogen-bond acceptors (Lipinski definition) is 5. The standard InChI is InChI=1S/C10H20N4O3S/c1-7(2)17-6-8-12-13-9(18(11,15)16)14(8)10(3,4)5/h7H,6H2,1-5H3,(H2,11,15,16). The average molecular weight is 276 g/mol. The summed E-state index contributed by atoms with van der Waals surface area (Å²) in [5.41, 5.74) is -0.499. The van der Waals surface area contributed by atoms with Gasteiger partial charge in [0.2, 0.25) is 0 Å². The molecule has 0 fully saturated rings. The van der Waals surface area contributed by atoms with Crippen molar-refractivity contribution in [1.29, 1.82) is 0 Å². The summed E-state index contributed by atoms with van der Waals surface area (Å²) in [5.74, 6) is 0.445. The quantitative estimate of drug-likeness (QED) is 0.868. The molecule has 0 aliphatic carbocycles. The van der Waals surface area contributed by atoms with Crippen molar-refractivity contribution < 1.29 is 13.2 Å². The normalized spacial score (nSPS) is 13.3. The first-order chi connectivity index (χ1) is 8.03. The first-order valence-corrected chi connectivity index (χ1v) is 7.17. The van der Waals surface area contributed by atoms with Gasteiger partial charge in [-0.05, 0) is 34.6 Å². The largest absolute Gasteiger partial charge is 0.371 e. The van der Waals surface area contributed by atoms with Gasteiger partial charge in [-0.1, -0.05) is 0 Å². The number of primary sulfonamides is 1. The zero-order chi connectivity index (χ0) is 14.1. The Morgan fingerprint density at radius 1 is 1.33 bits per heavy atom. The molecule has 1 aromatic rings. The second-order valence-electron chi connectivity index (χ2n) is 5.31. The average Bonchev–Trinajstić information content (AvgIpc) is 2.56. The van der Waals surface area contributed by atoms with Crippen molar-refractivity contribution in [3.8, 4) is 0 Å². The molecule has 0 atom stereocenters. The van der Waals surface area contributed by atoms with Crippen LogP contribution in [-0.4, -0.2) is 29.3 Å². The van der Waals surface area contributed by atoms with Crippen LogP contribution >= 0.6 is 0 Å². The van der Waals surface area contributed by atoms with E-state index in [9.17, 15) is 8.42 Å². The number of rotatable bonds is 4. The fourth-order valence-corrected chi connectivity index (χ4v) is 2.28. The van der Waals surface area contributed by atoms with Crippen molar-refractivity contribution in [3.05, 3.63) is 5.82 Å². The third-order valence-corrected chi connectivity index (χ3v) is 2.94. The van der Waals surface area contributed by atoms with E-state index < -0.39 is 15.6 Å². The lowest BCUT2D eigenvalue weighted by atomic mass is 10.1. The van der Waals surface area contributed by atoms with Crippen molar-refractivity contribution >= 4 is 10.0 Å². The molecule has 0 radical (unpaired) electrons. The van der Waals surface area contributed by atoms with Crippen LogP contribution in [0.2, 0.25) is 0 Å². The predicted molar refractivity (Wildman–Crippen MR) is 66.3 cm³/mol. The lowest BCUT2D eigenvalue weighted by molar-refractivity contribution is 0.0566. The SMILES string of the molecule is CC(C)OCc1nnc(S(N)(=O)=O)n1C(C)(C)C. The molecule has 1 rings (SSSR count). The fraction of sp³-hybridized carbons (Fsp3) is 0.800. The van der Waals surface area contributed by atoms with Crippen LogP contribution in [0.3, 0.4) is 0 Å². The van der Waals surface area contributed by atoms with Gasteiger partial charge in [-0.2, -0.15) is 0 Å². The molecule has 0 aromatic carbocycles. The van der Waals surface area contributed by atoms with Gasteiger partial charge in [-0.3, -0.25) is 4.57 Å². The van der Waals surface area contributed by atoms with Crippen molar-refractivity contribution in [1.82, 2.24) is 14.8 Å². The van der Waals surface area contributed by atoms with Gasteiger partial charge in [-0.15, -0.1) is 10.2 Å². The number of sulfonamides is 1. The van der Waals surface area contributed by atoms with Gasteiger partial charge in [0.05, 0.1) is 6.10 Å². The second-order valence-corrected chi connectivity index (χ2v) is 6.76. The van der Waals surface area contributed by atoms with Gasteiger partial charge in [0.15, 0.2) is 5.82 Å². The van der Waals surface area contributed by atoms with Crippen molar-refractivity contribution in [3.63, 3.8) is 0 Å². The van der Waals surface area contributed by atoms with E-state index in [1.807, 2.05) is 34.6 Å². The van der Waals surface area contributed by atoms with E-state index in [-0.39, 0.29) is 17.9 Å². The van der Waals surface area contributed by atoms with Crippen LogP contribution in [0.15, 0.2) is 5.16 Å². The van der Waals surface area contributed by atoms with Crippen LogP contribution in [0.4, 0.5) is 0 Å². The molecule has 0 spiro atoms. The van der Waals surface area contributed by atoms with E-state index in [0.717, 1.165) is 0 Å². The number of aromatic nitrogens is 3. The molecular formula is C10H20N4O3S. The van der Waals surface area contributed by atoms with E-state index in [4.69, 9.17) is 9.88 Å². The minimum atomic E-state index is -3.90. The third kappa shape index (κ3) is 3.50. The Morgan fingerprint density at radius 2 is 1.89 bits per heavy atom. The topological polar surface area (TPSA) is 100 Å². The lowest BCUT2D eigenvalue weighted by Crippen LogP contribution is -2.30. The van der Waals surface area contributed by atoms with Crippen LogP contribution in [-0.2, 0) is 26.9 Å². The molecule has 0 saturated heterocycles.